The Bertz CT molecular complexity index is 287. The zero-order valence-electron chi connectivity index (χ0n) is 8.37. The second-order valence-electron chi connectivity index (χ2n) is 3.39. The fourth-order valence-electron chi connectivity index (χ4n) is 1.39. The summed E-state index contributed by atoms with van der Waals surface area (Å²) in [6.45, 7) is 4.57. The molecule has 0 aliphatic heterocycles. The highest BCUT2D eigenvalue weighted by Gasteiger charge is 2.00. The van der Waals surface area contributed by atoms with E-state index in [-0.39, 0.29) is 0 Å². The molecule has 70 valence electrons. The van der Waals surface area contributed by atoms with Gasteiger partial charge in [0, 0.05) is 12.7 Å². The predicted molar refractivity (Wildman–Crippen MR) is 55.3 cm³/mol. The van der Waals surface area contributed by atoms with Crippen molar-refractivity contribution in [3.63, 3.8) is 0 Å². The average molecular weight is 177 g/mol. The Kier molecular flexibility index (Phi) is 3.07. The summed E-state index contributed by atoms with van der Waals surface area (Å²) in [5.74, 6) is 0. The molecule has 0 amide bonds. The molecule has 1 aromatic carbocycles. The zero-order valence-corrected chi connectivity index (χ0v) is 8.37. The first-order valence-corrected chi connectivity index (χ1v) is 4.36. The summed E-state index contributed by atoms with van der Waals surface area (Å²) >= 11 is 0. The molecule has 0 aliphatic rings. The highest BCUT2D eigenvalue weighted by atomic mass is 16.1. The van der Waals surface area contributed by atoms with E-state index in [4.69, 9.17) is 0 Å². The van der Waals surface area contributed by atoms with E-state index < -0.39 is 0 Å². The monoisotopic (exact) mass is 177 g/mol. The Morgan fingerprint density at radius 2 is 1.77 bits per heavy atom. The summed E-state index contributed by atoms with van der Waals surface area (Å²) in [5.41, 5.74) is 3.56. The second-order valence-corrected chi connectivity index (χ2v) is 3.39. The summed E-state index contributed by atoms with van der Waals surface area (Å²) < 4.78 is 0. The molecular formula is C11H15NO. The molecule has 2 heteroatoms. The van der Waals surface area contributed by atoms with Gasteiger partial charge in [-0.25, -0.2) is 0 Å². The zero-order chi connectivity index (χ0) is 9.84. The number of aldehydes is 1. The quantitative estimate of drug-likeness (QED) is 0.658. The Hall–Kier alpha value is -1.31. The van der Waals surface area contributed by atoms with Gasteiger partial charge < -0.3 is 9.69 Å². The van der Waals surface area contributed by atoms with Gasteiger partial charge in [-0.05, 0) is 37.1 Å². The summed E-state index contributed by atoms with van der Waals surface area (Å²) in [7, 11) is 1.92. The van der Waals surface area contributed by atoms with Crippen molar-refractivity contribution < 1.29 is 4.79 Å². The van der Waals surface area contributed by atoms with Gasteiger partial charge in [-0.2, -0.15) is 0 Å². The molecule has 0 radical (unpaired) electrons. The maximum absolute atomic E-state index is 10.3. The average Bonchev–Trinajstić information content (AvgIpc) is 2.03. The van der Waals surface area contributed by atoms with Crippen molar-refractivity contribution in [2.75, 3.05) is 18.5 Å². The van der Waals surface area contributed by atoms with Crippen LogP contribution >= 0.6 is 0 Å². The molecule has 1 aromatic rings. The van der Waals surface area contributed by atoms with E-state index in [1.54, 1.807) is 0 Å². The number of benzene rings is 1. The van der Waals surface area contributed by atoms with E-state index in [2.05, 4.69) is 32.0 Å². The number of carbonyl (C=O) groups is 1. The molecule has 1 rings (SSSR count). The van der Waals surface area contributed by atoms with Gasteiger partial charge >= 0.3 is 0 Å². The molecule has 0 bridgehead atoms. The Labute approximate surface area is 79.2 Å². The number of nitrogens with zero attached hydrogens (tertiary/aromatic N) is 1. The van der Waals surface area contributed by atoms with E-state index >= 15 is 0 Å². The normalized spacial score (nSPS) is 9.77. The molecular weight excluding hydrogens is 162 g/mol. The standard InChI is InChI=1S/C11H15NO/c1-9-6-10(2)8-11(7-9)12(3)4-5-13/h5-8H,4H2,1-3H3. The first kappa shape index (κ1) is 9.78. The molecule has 0 N–H and O–H groups in total. The molecule has 2 nitrogen and oxygen atoms in total. The van der Waals surface area contributed by atoms with Crippen molar-refractivity contribution in [2.45, 2.75) is 13.8 Å². The molecule has 0 atom stereocenters. The van der Waals surface area contributed by atoms with Gasteiger partial charge in [0.2, 0.25) is 0 Å². The fraction of sp³-hybridized carbons (Fsp3) is 0.364. The van der Waals surface area contributed by atoms with E-state index in [1.165, 1.54) is 11.1 Å². The van der Waals surface area contributed by atoms with Gasteiger partial charge in [0.15, 0.2) is 0 Å². The van der Waals surface area contributed by atoms with E-state index in [0.717, 1.165) is 12.0 Å². The minimum atomic E-state index is 0.447. The van der Waals surface area contributed by atoms with Gasteiger partial charge in [0.1, 0.15) is 6.29 Å². The Morgan fingerprint density at radius 1 is 1.23 bits per heavy atom. The van der Waals surface area contributed by atoms with Crippen LogP contribution in [0.4, 0.5) is 5.69 Å². The van der Waals surface area contributed by atoms with Crippen LogP contribution in [-0.4, -0.2) is 19.9 Å². The SMILES string of the molecule is Cc1cc(C)cc(N(C)CC=O)c1. The fourth-order valence-corrected chi connectivity index (χ4v) is 1.39. The molecule has 0 aromatic heterocycles. The largest absolute Gasteiger partial charge is 0.368 e. The van der Waals surface area contributed by atoms with Crippen LogP contribution < -0.4 is 4.90 Å². The summed E-state index contributed by atoms with van der Waals surface area (Å²) in [6.07, 6.45) is 0.914. The molecule has 0 fully saturated rings. The molecule has 0 spiro atoms. The van der Waals surface area contributed by atoms with E-state index in [9.17, 15) is 4.79 Å². The molecule has 13 heavy (non-hydrogen) atoms. The van der Waals surface area contributed by atoms with Crippen LogP contribution in [0.25, 0.3) is 0 Å². The van der Waals surface area contributed by atoms with Crippen LogP contribution in [0.5, 0.6) is 0 Å². The number of aryl methyl sites for hydroxylation is 2. The number of anilines is 1. The highest BCUT2D eigenvalue weighted by molar-refractivity contribution is 5.61. The minimum absolute atomic E-state index is 0.447. The number of carbonyl (C=O) groups excluding carboxylic acids is 1. The van der Waals surface area contributed by atoms with E-state index in [1.807, 2.05) is 11.9 Å². The number of hydrogen-bond acceptors (Lipinski definition) is 2. The maximum atomic E-state index is 10.3. The maximum Gasteiger partial charge on any atom is 0.139 e. The van der Waals surface area contributed by atoms with Crippen LogP contribution in [0.2, 0.25) is 0 Å². The van der Waals surface area contributed by atoms with Crippen LogP contribution in [0.15, 0.2) is 18.2 Å². The van der Waals surface area contributed by atoms with Crippen LogP contribution in [0.1, 0.15) is 11.1 Å². The summed E-state index contributed by atoms with van der Waals surface area (Å²) in [6, 6.07) is 6.28. The second kappa shape index (κ2) is 4.08. The van der Waals surface area contributed by atoms with Crippen molar-refractivity contribution in [2.24, 2.45) is 0 Å². The third-order valence-corrected chi connectivity index (χ3v) is 2.00. The van der Waals surface area contributed by atoms with Gasteiger partial charge in [0.05, 0.1) is 6.54 Å². The van der Waals surface area contributed by atoms with Crippen LogP contribution in [0.3, 0.4) is 0 Å². The third-order valence-electron chi connectivity index (χ3n) is 2.00. The Morgan fingerprint density at radius 3 is 2.23 bits per heavy atom. The van der Waals surface area contributed by atoms with Crippen molar-refractivity contribution >= 4 is 12.0 Å². The van der Waals surface area contributed by atoms with Gasteiger partial charge in [-0.3, -0.25) is 0 Å². The first-order valence-electron chi connectivity index (χ1n) is 4.36. The van der Waals surface area contributed by atoms with Crippen LogP contribution in [-0.2, 0) is 4.79 Å². The lowest BCUT2D eigenvalue weighted by Gasteiger charge is -2.17. The summed E-state index contributed by atoms with van der Waals surface area (Å²) in [5, 5.41) is 0. The first-order chi connectivity index (χ1) is 6.13. The molecule has 0 unspecified atom stereocenters. The third kappa shape index (κ3) is 2.58. The predicted octanol–water partition coefficient (Wildman–Crippen LogP) is 1.94. The molecule has 0 heterocycles. The van der Waals surface area contributed by atoms with Crippen molar-refractivity contribution in [3.8, 4) is 0 Å². The molecule has 0 saturated carbocycles. The highest BCUT2D eigenvalue weighted by Crippen LogP contribution is 2.16. The van der Waals surface area contributed by atoms with Crippen molar-refractivity contribution in [3.05, 3.63) is 29.3 Å². The minimum Gasteiger partial charge on any atom is -0.368 e. The lowest BCUT2D eigenvalue weighted by atomic mass is 10.1. The van der Waals surface area contributed by atoms with Crippen molar-refractivity contribution in [1.82, 2.24) is 0 Å². The van der Waals surface area contributed by atoms with Crippen molar-refractivity contribution in [1.29, 1.82) is 0 Å². The van der Waals surface area contributed by atoms with Gasteiger partial charge in [0.25, 0.3) is 0 Å². The smallest absolute Gasteiger partial charge is 0.139 e. The topological polar surface area (TPSA) is 20.3 Å². The van der Waals surface area contributed by atoms with Crippen LogP contribution in [0, 0.1) is 13.8 Å². The van der Waals surface area contributed by atoms with E-state index in [0.29, 0.717) is 6.54 Å². The lowest BCUT2D eigenvalue weighted by molar-refractivity contribution is -0.106. The number of rotatable bonds is 3. The van der Waals surface area contributed by atoms with Gasteiger partial charge in [-0.1, -0.05) is 6.07 Å². The Balaban J connectivity index is 2.93. The molecule has 0 saturated heterocycles. The lowest BCUT2D eigenvalue weighted by Crippen LogP contribution is -2.19. The number of hydrogen-bond donors (Lipinski definition) is 0. The summed E-state index contributed by atoms with van der Waals surface area (Å²) in [4.78, 5) is 12.3. The van der Waals surface area contributed by atoms with Gasteiger partial charge in [-0.15, -0.1) is 0 Å². The number of likely N-dealkylation sites (N-methyl/N-ethyl adjacent to an activating group) is 1. The molecule has 0 aliphatic carbocycles.